The largest absolute Gasteiger partial charge is 0.334 e. The molecular formula is C24H22N2O2S2. The van der Waals surface area contributed by atoms with Gasteiger partial charge in [-0.25, -0.2) is 0 Å². The van der Waals surface area contributed by atoms with Gasteiger partial charge in [-0.05, 0) is 66.1 Å². The van der Waals surface area contributed by atoms with Crippen LogP contribution in [0.4, 0.5) is 5.69 Å². The summed E-state index contributed by atoms with van der Waals surface area (Å²) in [6.45, 7) is 3.31. The minimum atomic E-state index is -0.139. The Morgan fingerprint density at radius 1 is 1.07 bits per heavy atom. The molecule has 30 heavy (non-hydrogen) atoms. The summed E-state index contributed by atoms with van der Waals surface area (Å²) in [5, 5.41) is 5.03. The molecule has 2 aliphatic heterocycles. The SMILES string of the molecule is Cc1c(NC(=O)C2Cc3ccccc3S2)cccc1C(=O)N1CCc2sccc2C1. The van der Waals surface area contributed by atoms with Crippen molar-refractivity contribution in [2.24, 2.45) is 0 Å². The maximum absolute atomic E-state index is 13.2. The Labute approximate surface area is 184 Å². The first-order chi connectivity index (χ1) is 14.6. The van der Waals surface area contributed by atoms with E-state index in [9.17, 15) is 9.59 Å². The summed E-state index contributed by atoms with van der Waals surface area (Å²) < 4.78 is 0. The van der Waals surface area contributed by atoms with Gasteiger partial charge in [0.15, 0.2) is 0 Å². The van der Waals surface area contributed by atoms with Gasteiger partial charge in [0.1, 0.15) is 0 Å². The smallest absolute Gasteiger partial charge is 0.254 e. The number of anilines is 1. The van der Waals surface area contributed by atoms with Crippen molar-refractivity contribution in [3.63, 3.8) is 0 Å². The number of amides is 2. The quantitative estimate of drug-likeness (QED) is 0.637. The third-order valence-electron chi connectivity index (χ3n) is 5.86. The van der Waals surface area contributed by atoms with Crippen LogP contribution < -0.4 is 5.32 Å². The number of carbonyl (C=O) groups is 2. The van der Waals surface area contributed by atoms with E-state index in [4.69, 9.17) is 0 Å². The van der Waals surface area contributed by atoms with Crippen molar-refractivity contribution in [3.05, 3.63) is 81.0 Å². The number of hydrogen-bond acceptors (Lipinski definition) is 4. The average molecular weight is 435 g/mol. The molecule has 2 aromatic carbocycles. The van der Waals surface area contributed by atoms with Crippen LogP contribution in [-0.4, -0.2) is 28.5 Å². The van der Waals surface area contributed by atoms with Gasteiger partial charge in [0, 0.05) is 34.1 Å². The van der Waals surface area contributed by atoms with Crippen molar-refractivity contribution in [2.75, 3.05) is 11.9 Å². The van der Waals surface area contributed by atoms with Crippen LogP contribution >= 0.6 is 23.1 Å². The Hall–Kier alpha value is -2.57. The summed E-state index contributed by atoms with van der Waals surface area (Å²) in [6.07, 6.45) is 1.65. The molecule has 1 N–H and O–H groups in total. The molecule has 6 heteroatoms. The van der Waals surface area contributed by atoms with Gasteiger partial charge in [-0.2, -0.15) is 0 Å². The predicted octanol–water partition coefficient (Wildman–Crippen LogP) is 4.91. The lowest BCUT2D eigenvalue weighted by molar-refractivity contribution is -0.115. The van der Waals surface area contributed by atoms with E-state index in [1.54, 1.807) is 23.1 Å². The molecule has 152 valence electrons. The molecule has 3 heterocycles. The zero-order chi connectivity index (χ0) is 20.7. The van der Waals surface area contributed by atoms with E-state index in [2.05, 4.69) is 28.9 Å². The fourth-order valence-electron chi connectivity index (χ4n) is 4.14. The monoisotopic (exact) mass is 434 g/mol. The highest BCUT2D eigenvalue weighted by molar-refractivity contribution is 8.01. The van der Waals surface area contributed by atoms with Crippen LogP contribution in [-0.2, 0) is 24.2 Å². The molecule has 0 fully saturated rings. The number of nitrogens with zero attached hydrogens (tertiary/aromatic N) is 1. The van der Waals surface area contributed by atoms with Crippen LogP contribution in [0.3, 0.4) is 0 Å². The van der Waals surface area contributed by atoms with Gasteiger partial charge in [0.05, 0.1) is 5.25 Å². The minimum Gasteiger partial charge on any atom is -0.334 e. The van der Waals surface area contributed by atoms with Crippen LogP contribution in [0.5, 0.6) is 0 Å². The van der Waals surface area contributed by atoms with Gasteiger partial charge < -0.3 is 10.2 Å². The van der Waals surface area contributed by atoms with Crippen LogP contribution in [0.2, 0.25) is 0 Å². The molecule has 4 nitrogen and oxygen atoms in total. The third kappa shape index (κ3) is 3.55. The van der Waals surface area contributed by atoms with E-state index < -0.39 is 0 Å². The van der Waals surface area contributed by atoms with Crippen LogP contribution in [0.25, 0.3) is 0 Å². The van der Waals surface area contributed by atoms with Crippen molar-refractivity contribution in [1.29, 1.82) is 0 Å². The van der Waals surface area contributed by atoms with Gasteiger partial charge in [0.2, 0.25) is 5.91 Å². The van der Waals surface area contributed by atoms with E-state index in [-0.39, 0.29) is 17.1 Å². The number of nitrogens with one attached hydrogen (secondary N) is 1. The lowest BCUT2D eigenvalue weighted by Gasteiger charge is -2.28. The highest BCUT2D eigenvalue weighted by Crippen LogP contribution is 2.37. The molecular weight excluding hydrogens is 412 g/mol. The number of benzene rings is 2. The Morgan fingerprint density at radius 2 is 1.93 bits per heavy atom. The topological polar surface area (TPSA) is 49.4 Å². The molecule has 1 unspecified atom stereocenters. The third-order valence-corrected chi connectivity index (χ3v) is 8.20. The van der Waals surface area contributed by atoms with Crippen LogP contribution in [0.1, 0.15) is 31.9 Å². The second kappa shape index (κ2) is 7.93. The van der Waals surface area contributed by atoms with Crippen molar-refractivity contribution >= 4 is 40.6 Å². The summed E-state index contributed by atoms with van der Waals surface area (Å²) in [7, 11) is 0. The molecule has 2 amide bonds. The van der Waals surface area contributed by atoms with Gasteiger partial charge >= 0.3 is 0 Å². The van der Waals surface area contributed by atoms with Gasteiger partial charge in [0.25, 0.3) is 5.91 Å². The van der Waals surface area contributed by atoms with Crippen LogP contribution in [0, 0.1) is 6.92 Å². The molecule has 0 aliphatic carbocycles. The molecule has 0 saturated carbocycles. The van der Waals surface area contributed by atoms with Crippen LogP contribution in [0.15, 0.2) is 58.8 Å². The molecule has 3 aromatic rings. The number of thioether (sulfide) groups is 1. The highest BCUT2D eigenvalue weighted by atomic mass is 32.2. The molecule has 0 bridgehead atoms. The first-order valence-corrected chi connectivity index (χ1v) is 11.9. The highest BCUT2D eigenvalue weighted by Gasteiger charge is 2.29. The zero-order valence-corrected chi connectivity index (χ0v) is 18.3. The van der Waals surface area contributed by atoms with Crippen molar-refractivity contribution in [1.82, 2.24) is 4.90 Å². The second-order valence-corrected chi connectivity index (χ2v) is 9.98. The summed E-state index contributed by atoms with van der Waals surface area (Å²) in [6, 6.07) is 15.9. The molecule has 0 saturated heterocycles. The van der Waals surface area contributed by atoms with E-state index in [0.717, 1.165) is 30.6 Å². The fourth-order valence-corrected chi connectivity index (χ4v) is 6.22. The molecule has 2 aliphatic rings. The molecule has 0 spiro atoms. The Bertz CT molecular complexity index is 1110. The Morgan fingerprint density at radius 3 is 2.80 bits per heavy atom. The van der Waals surface area contributed by atoms with E-state index >= 15 is 0 Å². The summed E-state index contributed by atoms with van der Waals surface area (Å²) in [5.41, 5.74) is 4.68. The van der Waals surface area contributed by atoms with Gasteiger partial charge in [-0.15, -0.1) is 23.1 Å². The summed E-state index contributed by atoms with van der Waals surface area (Å²) >= 11 is 3.38. The van der Waals surface area contributed by atoms with E-state index in [0.29, 0.717) is 12.1 Å². The zero-order valence-electron chi connectivity index (χ0n) is 16.7. The average Bonchev–Trinajstić information content (AvgIpc) is 3.41. The van der Waals surface area contributed by atoms with Crippen molar-refractivity contribution in [3.8, 4) is 0 Å². The lowest BCUT2D eigenvalue weighted by atomic mass is 10.0. The number of fused-ring (bicyclic) bond motifs is 2. The Balaban J connectivity index is 1.31. The van der Waals surface area contributed by atoms with Crippen molar-refractivity contribution < 1.29 is 9.59 Å². The number of hydrogen-bond donors (Lipinski definition) is 1. The van der Waals surface area contributed by atoms with Gasteiger partial charge in [-0.3, -0.25) is 9.59 Å². The summed E-state index contributed by atoms with van der Waals surface area (Å²) in [4.78, 5) is 30.6. The number of carbonyl (C=O) groups excluding carboxylic acids is 2. The van der Waals surface area contributed by atoms with E-state index in [1.807, 2.05) is 42.2 Å². The normalized spacial score (nSPS) is 17.4. The van der Waals surface area contributed by atoms with E-state index in [1.165, 1.54) is 20.9 Å². The van der Waals surface area contributed by atoms with Crippen molar-refractivity contribution in [2.45, 2.75) is 36.5 Å². The first kappa shape index (κ1) is 19.4. The Kier molecular flexibility index (Phi) is 5.13. The summed E-state index contributed by atoms with van der Waals surface area (Å²) in [5.74, 6) is 0.0212. The van der Waals surface area contributed by atoms with Gasteiger partial charge in [-0.1, -0.05) is 24.3 Å². The maximum Gasteiger partial charge on any atom is 0.254 e. The first-order valence-electron chi connectivity index (χ1n) is 10.1. The maximum atomic E-state index is 13.2. The second-order valence-electron chi connectivity index (χ2n) is 7.73. The minimum absolute atomic E-state index is 0.00946. The standard InChI is InChI=1S/C24H22N2O2S2/c1-15-18(24(28)26-11-9-20-17(14-26)10-12-29-20)6-4-7-19(15)25-23(27)22-13-16-5-2-3-8-21(16)30-22/h2-8,10,12,22H,9,11,13-14H2,1H3,(H,25,27). The fraction of sp³-hybridized carbons (Fsp3) is 0.250. The molecule has 1 aromatic heterocycles. The molecule has 5 rings (SSSR count). The predicted molar refractivity (Wildman–Crippen MR) is 122 cm³/mol. The lowest BCUT2D eigenvalue weighted by Crippen LogP contribution is -2.35. The molecule has 1 atom stereocenters. The number of thiophene rings is 1. The number of rotatable bonds is 3. The molecule has 0 radical (unpaired) electrons.